The summed E-state index contributed by atoms with van der Waals surface area (Å²) >= 11 is 0. The molecule has 0 aromatic heterocycles. The zero-order chi connectivity index (χ0) is 19.5. The summed E-state index contributed by atoms with van der Waals surface area (Å²) in [7, 11) is 2.68. The van der Waals surface area contributed by atoms with Crippen molar-refractivity contribution in [1.82, 2.24) is 0 Å². The molecule has 0 bridgehead atoms. The van der Waals surface area contributed by atoms with Gasteiger partial charge in [-0.3, -0.25) is 0 Å². The van der Waals surface area contributed by atoms with Crippen molar-refractivity contribution >= 4 is 11.9 Å². The van der Waals surface area contributed by atoms with Crippen LogP contribution < -0.4 is 0 Å². The SMILES string of the molecule is COC(=O)c1ccc(C#CCOCC#Cc2ccc(C(=O)OC)cc2)cc1. The van der Waals surface area contributed by atoms with E-state index in [4.69, 9.17) is 4.74 Å². The zero-order valence-corrected chi connectivity index (χ0v) is 15.1. The number of ether oxygens (including phenoxy) is 3. The molecule has 0 aliphatic carbocycles. The minimum atomic E-state index is -0.378. The number of esters is 2. The lowest BCUT2D eigenvalue weighted by Crippen LogP contribution is -2.00. The predicted octanol–water partition coefficient (Wildman–Crippen LogP) is 2.68. The molecule has 0 fully saturated rings. The molecule has 0 unspecified atom stereocenters. The summed E-state index contributed by atoms with van der Waals surface area (Å²) in [5.41, 5.74) is 2.52. The van der Waals surface area contributed by atoms with Crippen molar-refractivity contribution < 1.29 is 23.8 Å². The fraction of sp³-hybridized carbons (Fsp3) is 0.182. The third-order valence-electron chi connectivity index (χ3n) is 3.43. The van der Waals surface area contributed by atoms with Crippen molar-refractivity contribution in [3.05, 3.63) is 70.8 Å². The van der Waals surface area contributed by atoms with Crippen LogP contribution in [0.2, 0.25) is 0 Å². The smallest absolute Gasteiger partial charge is 0.337 e. The van der Waals surface area contributed by atoms with E-state index in [2.05, 4.69) is 33.2 Å². The summed E-state index contributed by atoms with van der Waals surface area (Å²) in [6.45, 7) is 0.490. The summed E-state index contributed by atoms with van der Waals surface area (Å²) in [6.07, 6.45) is 0. The molecule has 0 saturated heterocycles. The van der Waals surface area contributed by atoms with Crippen LogP contribution >= 0.6 is 0 Å². The number of carbonyl (C=O) groups is 2. The second-order valence-corrected chi connectivity index (χ2v) is 5.23. The molecule has 5 nitrogen and oxygen atoms in total. The predicted molar refractivity (Wildman–Crippen MR) is 100 cm³/mol. The van der Waals surface area contributed by atoms with E-state index < -0.39 is 0 Å². The number of benzene rings is 2. The van der Waals surface area contributed by atoms with Crippen LogP contribution in [0.4, 0.5) is 0 Å². The lowest BCUT2D eigenvalue weighted by molar-refractivity contribution is 0.0592. The summed E-state index contributed by atoms with van der Waals surface area (Å²) in [4.78, 5) is 22.7. The third kappa shape index (κ3) is 6.36. The van der Waals surface area contributed by atoms with Crippen LogP contribution in [0.5, 0.6) is 0 Å². The van der Waals surface area contributed by atoms with Crippen LogP contribution in [0.25, 0.3) is 0 Å². The second kappa shape index (κ2) is 10.5. The first-order valence-electron chi connectivity index (χ1n) is 8.06. The first kappa shape index (κ1) is 19.8. The van der Waals surface area contributed by atoms with Crippen molar-refractivity contribution in [2.45, 2.75) is 0 Å². The summed E-state index contributed by atoms with van der Waals surface area (Å²) in [5, 5.41) is 0. The fourth-order valence-electron chi connectivity index (χ4n) is 2.04. The third-order valence-corrected chi connectivity index (χ3v) is 3.43. The van der Waals surface area contributed by atoms with Gasteiger partial charge in [-0.25, -0.2) is 9.59 Å². The molecule has 0 amide bonds. The van der Waals surface area contributed by atoms with E-state index in [1.165, 1.54) is 14.2 Å². The lowest BCUT2D eigenvalue weighted by Gasteiger charge is -1.98. The molecular formula is C22H18O5. The van der Waals surface area contributed by atoms with E-state index in [-0.39, 0.29) is 25.2 Å². The van der Waals surface area contributed by atoms with Crippen LogP contribution in [0.15, 0.2) is 48.5 Å². The molecule has 0 heterocycles. The molecule has 0 spiro atoms. The Hall–Kier alpha value is -3.54. The van der Waals surface area contributed by atoms with Crippen LogP contribution in [0.3, 0.4) is 0 Å². The first-order chi connectivity index (χ1) is 13.1. The van der Waals surface area contributed by atoms with Crippen LogP contribution in [-0.2, 0) is 14.2 Å². The molecule has 0 saturated carbocycles. The normalized spacial score (nSPS) is 9.26. The number of hydrogen-bond donors (Lipinski definition) is 0. The standard InChI is InChI=1S/C22H18O5/c1-25-21(23)19-11-7-17(8-12-19)5-3-15-27-16-4-6-18-9-13-20(14-10-18)22(24)26-2/h7-14H,15-16H2,1-2H3. The molecular weight excluding hydrogens is 344 g/mol. The van der Waals surface area contributed by atoms with Crippen molar-refractivity contribution in [2.75, 3.05) is 27.4 Å². The van der Waals surface area contributed by atoms with Gasteiger partial charge in [0.1, 0.15) is 13.2 Å². The minimum Gasteiger partial charge on any atom is -0.465 e. The molecule has 5 heteroatoms. The maximum absolute atomic E-state index is 11.3. The van der Waals surface area contributed by atoms with Crippen LogP contribution in [0.1, 0.15) is 31.8 Å². The average Bonchev–Trinajstić information content (AvgIpc) is 2.72. The largest absolute Gasteiger partial charge is 0.465 e. The summed E-state index contributed by atoms with van der Waals surface area (Å²) in [6, 6.07) is 13.6. The Labute approximate surface area is 158 Å². The van der Waals surface area contributed by atoms with Crippen LogP contribution in [-0.4, -0.2) is 39.4 Å². The molecule has 2 rings (SSSR count). The Morgan fingerprint density at radius 3 is 1.41 bits per heavy atom. The highest BCUT2D eigenvalue weighted by Gasteiger charge is 2.03. The summed E-state index contributed by atoms with van der Waals surface area (Å²) < 4.78 is 14.6. The molecule has 27 heavy (non-hydrogen) atoms. The maximum Gasteiger partial charge on any atom is 0.337 e. The summed E-state index contributed by atoms with van der Waals surface area (Å²) in [5.74, 6) is 10.9. The first-order valence-corrected chi connectivity index (χ1v) is 8.06. The Morgan fingerprint density at radius 2 is 1.07 bits per heavy atom. The van der Waals surface area contributed by atoms with Gasteiger partial charge in [-0.1, -0.05) is 23.7 Å². The van der Waals surface area contributed by atoms with Crippen molar-refractivity contribution in [2.24, 2.45) is 0 Å². The Morgan fingerprint density at radius 1 is 0.704 bits per heavy atom. The molecule has 0 atom stereocenters. The van der Waals surface area contributed by atoms with E-state index in [0.717, 1.165) is 11.1 Å². The zero-order valence-electron chi connectivity index (χ0n) is 15.1. The van der Waals surface area contributed by atoms with Gasteiger partial charge < -0.3 is 14.2 Å². The molecule has 0 aliphatic heterocycles. The van der Waals surface area contributed by atoms with Gasteiger partial charge in [0.25, 0.3) is 0 Å². The van der Waals surface area contributed by atoms with Gasteiger partial charge in [-0.2, -0.15) is 0 Å². The van der Waals surface area contributed by atoms with Gasteiger partial charge >= 0.3 is 11.9 Å². The van der Waals surface area contributed by atoms with Gasteiger partial charge in [-0.05, 0) is 48.5 Å². The molecule has 136 valence electrons. The number of hydrogen-bond acceptors (Lipinski definition) is 5. The number of rotatable bonds is 4. The second-order valence-electron chi connectivity index (χ2n) is 5.23. The van der Waals surface area contributed by atoms with Crippen molar-refractivity contribution in [3.63, 3.8) is 0 Å². The van der Waals surface area contributed by atoms with Crippen LogP contribution in [0, 0.1) is 23.7 Å². The van der Waals surface area contributed by atoms with E-state index in [1.54, 1.807) is 48.5 Å². The monoisotopic (exact) mass is 362 g/mol. The molecule has 0 aliphatic rings. The van der Waals surface area contributed by atoms with E-state index in [0.29, 0.717) is 11.1 Å². The highest BCUT2D eigenvalue weighted by Crippen LogP contribution is 2.05. The van der Waals surface area contributed by atoms with E-state index >= 15 is 0 Å². The average molecular weight is 362 g/mol. The molecule has 0 radical (unpaired) electrons. The van der Waals surface area contributed by atoms with E-state index in [9.17, 15) is 9.59 Å². The Balaban J connectivity index is 1.77. The quantitative estimate of drug-likeness (QED) is 0.475. The van der Waals surface area contributed by atoms with Gasteiger partial charge in [0.15, 0.2) is 0 Å². The van der Waals surface area contributed by atoms with Gasteiger partial charge in [0, 0.05) is 11.1 Å². The highest BCUT2D eigenvalue weighted by molar-refractivity contribution is 5.89. The number of methoxy groups -OCH3 is 2. The van der Waals surface area contributed by atoms with E-state index in [1.807, 2.05) is 0 Å². The Kier molecular flexibility index (Phi) is 7.66. The minimum absolute atomic E-state index is 0.245. The molecule has 2 aromatic carbocycles. The van der Waals surface area contributed by atoms with Gasteiger partial charge in [0.2, 0.25) is 0 Å². The maximum atomic E-state index is 11.3. The molecule has 2 aromatic rings. The number of carbonyl (C=O) groups excluding carboxylic acids is 2. The van der Waals surface area contributed by atoms with Gasteiger partial charge in [-0.15, -0.1) is 0 Å². The van der Waals surface area contributed by atoms with Gasteiger partial charge in [0.05, 0.1) is 25.3 Å². The Bertz CT molecular complexity index is 826. The van der Waals surface area contributed by atoms with Crippen molar-refractivity contribution in [1.29, 1.82) is 0 Å². The highest BCUT2D eigenvalue weighted by atomic mass is 16.5. The fourth-order valence-corrected chi connectivity index (χ4v) is 2.04. The van der Waals surface area contributed by atoms with Crippen molar-refractivity contribution in [3.8, 4) is 23.7 Å². The lowest BCUT2D eigenvalue weighted by atomic mass is 10.1. The molecule has 0 N–H and O–H groups in total. The topological polar surface area (TPSA) is 61.8 Å².